The number of halogens is 1. The zero-order chi connectivity index (χ0) is 26.6. The summed E-state index contributed by atoms with van der Waals surface area (Å²) in [7, 11) is 0. The molecule has 1 aromatic heterocycles. The molecule has 3 aromatic carbocycles. The fraction of sp³-hybridized carbons (Fsp3) is 0.233. The molecule has 0 atom stereocenters. The smallest absolute Gasteiger partial charge is 0.353 e. The summed E-state index contributed by atoms with van der Waals surface area (Å²) < 4.78 is 2.07. The Morgan fingerprint density at radius 1 is 0.921 bits per heavy atom. The Morgan fingerprint density at radius 3 is 2.32 bits per heavy atom. The van der Waals surface area contributed by atoms with Gasteiger partial charge in [0.25, 0.3) is 11.5 Å². The zero-order valence-electron chi connectivity index (χ0n) is 20.8. The zero-order valence-corrected chi connectivity index (χ0v) is 22.4. The molecule has 5 rings (SSSR count). The van der Waals surface area contributed by atoms with Crippen molar-refractivity contribution in [3.05, 3.63) is 104 Å². The van der Waals surface area contributed by atoms with Gasteiger partial charge < -0.3 is 15.3 Å². The average molecular weight is 574 g/mol. The predicted octanol–water partition coefficient (Wildman–Crippen LogP) is 5.00. The van der Waals surface area contributed by atoms with Gasteiger partial charge in [0.1, 0.15) is 5.69 Å². The molecule has 8 heteroatoms. The molecule has 2 heterocycles. The molecule has 0 saturated carbocycles. The lowest BCUT2D eigenvalue weighted by molar-refractivity contribution is 0.0685. The normalized spacial score (nSPS) is 13.6. The molecule has 0 unspecified atom stereocenters. The Kier molecular flexibility index (Phi) is 7.72. The second-order valence-electron chi connectivity index (χ2n) is 9.48. The Bertz CT molecular complexity index is 1540. The van der Waals surface area contributed by atoms with Crippen LogP contribution in [0.2, 0.25) is 0 Å². The van der Waals surface area contributed by atoms with Crippen LogP contribution in [0.4, 0.5) is 0 Å². The van der Waals surface area contributed by atoms with Gasteiger partial charge in [-0.1, -0.05) is 58.4 Å². The van der Waals surface area contributed by atoms with Crippen LogP contribution in [0.15, 0.2) is 82.1 Å². The van der Waals surface area contributed by atoms with Crippen molar-refractivity contribution in [2.45, 2.75) is 19.4 Å². The number of hydrogen-bond donors (Lipinski definition) is 2. The van der Waals surface area contributed by atoms with Crippen LogP contribution >= 0.6 is 15.9 Å². The van der Waals surface area contributed by atoms with E-state index in [4.69, 9.17) is 0 Å². The fourth-order valence-electron chi connectivity index (χ4n) is 5.07. The van der Waals surface area contributed by atoms with Crippen molar-refractivity contribution < 1.29 is 14.7 Å². The van der Waals surface area contributed by atoms with Gasteiger partial charge in [-0.05, 0) is 72.8 Å². The molecule has 2 N–H and O–H groups in total. The van der Waals surface area contributed by atoms with Gasteiger partial charge >= 0.3 is 5.97 Å². The molecule has 194 valence electrons. The molecule has 1 aliphatic heterocycles. The number of fused-ring (bicyclic) bond motifs is 1. The summed E-state index contributed by atoms with van der Waals surface area (Å²) in [5, 5.41) is 14.3. The lowest BCUT2D eigenvalue weighted by atomic mass is 9.96. The molecule has 7 nitrogen and oxygen atoms in total. The second kappa shape index (κ2) is 11.3. The summed E-state index contributed by atoms with van der Waals surface area (Å²) in [6, 6.07) is 21.5. The summed E-state index contributed by atoms with van der Waals surface area (Å²) in [4.78, 5) is 41.1. The van der Waals surface area contributed by atoms with Gasteiger partial charge in [0.15, 0.2) is 0 Å². The molecule has 0 radical (unpaired) electrons. The number of carbonyl (C=O) groups is 2. The Balaban J connectivity index is 1.47. The van der Waals surface area contributed by atoms with E-state index in [-0.39, 0.29) is 23.7 Å². The first kappa shape index (κ1) is 25.9. The van der Waals surface area contributed by atoms with Crippen molar-refractivity contribution in [1.29, 1.82) is 0 Å². The number of nitrogens with one attached hydrogen (secondary N) is 1. The highest BCUT2D eigenvalue weighted by Crippen LogP contribution is 2.32. The minimum atomic E-state index is -1.18. The maximum absolute atomic E-state index is 13.6. The highest BCUT2D eigenvalue weighted by atomic mass is 79.9. The van der Waals surface area contributed by atoms with Gasteiger partial charge in [0, 0.05) is 34.1 Å². The van der Waals surface area contributed by atoms with E-state index in [1.807, 2.05) is 30.3 Å². The van der Waals surface area contributed by atoms with E-state index in [0.29, 0.717) is 34.0 Å². The lowest BCUT2D eigenvalue weighted by Crippen LogP contribution is -2.33. The summed E-state index contributed by atoms with van der Waals surface area (Å²) in [6.45, 7) is 3.66. The van der Waals surface area contributed by atoms with Crippen molar-refractivity contribution in [1.82, 2.24) is 14.8 Å². The number of nitrogens with zero attached hydrogens (tertiary/aromatic N) is 2. The molecule has 0 bridgehead atoms. The highest BCUT2D eigenvalue weighted by molar-refractivity contribution is 9.10. The molecule has 38 heavy (non-hydrogen) atoms. The first-order chi connectivity index (χ1) is 18.4. The minimum absolute atomic E-state index is 0.0587. The number of amides is 1. The molecular formula is C30H28BrN3O4. The van der Waals surface area contributed by atoms with E-state index >= 15 is 0 Å². The van der Waals surface area contributed by atoms with Gasteiger partial charge in [-0.2, -0.15) is 0 Å². The number of aromatic nitrogens is 1. The fourth-order valence-corrected chi connectivity index (χ4v) is 5.43. The number of carbonyl (C=O) groups excluding carboxylic acids is 1. The van der Waals surface area contributed by atoms with Crippen LogP contribution < -0.4 is 10.9 Å². The van der Waals surface area contributed by atoms with Crippen LogP contribution in [0.1, 0.15) is 39.3 Å². The highest BCUT2D eigenvalue weighted by Gasteiger charge is 2.23. The van der Waals surface area contributed by atoms with E-state index in [2.05, 4.69) is 26.1 Å². The maximum Gasteiger partial charge on any atom is 0.353 e. The quantitative estimate of drug-likeness (QED) is 0.309. The van der Waals surface area contributed by atoms with Gasteiger partial charge in [0.05, 0.1) is 6.54 Å². The van der Waals surface area contributed by atoms with Crippen molar-refractivity contribution in [3.63, 3.8) is 0 Å². The number of rotatable bonds is 8. The number of likely N-dealkylation sites (tertiary alicyclic amines) is 1. The molecule has 1 aliphatic rings. The van der Waals surface area contributed by atoms with E-state index in [1.54, 1.807) is 42.5 Å². The van der Waals surface area contributed by atoms with Gasteiger partial charge in [-0.15, -0.1) is 0 Å². The predicted molar refractivity (Wildman–Crippen MR) is 152 cm³/mol. The van der Waals surface area contributed by atoms with Gasteiger partial charge in [-0.3, -0.25) is 14.2 Å². The number of hydrogen-bond acceptors (Lipinski definition) is 4. The standard InChI is InChI=1S/C30H28BrN3O4/c31-23-12-13-24-25(18-23)26(21-6-2-1-3-7-21)27(30(37)38)34(29(24)36)19-20-8-10-22(11-9-20)28(35)32-14-17-33-15-4-5-16-33/h1-3,6-13,18H,4-5,14-17,19H2,(H,32,35)(H,37,38). The van der Waals surface area contributed by atoms with E-state index < -0.39 is 5.97 Å². The van der Waals surface area contributed by atoms with Crippen molar-refractivity contribution in [3.8, 4) is 11.1 Å². The monoisotopic (exact) mass is 573 g/mol. The average Bonchev–Trinajstić information content (AvgIpc) is 3.44. The van der Waals surface area contributed by atoms with Gasteiger partial charge in [0.2, 0.25) is 0 Å². The topological polar surface area (TPSA) is 91.6 Å². The van der Waals surface area contributed by atoms with E-state index in [1.165, 1.54) is 17.4 Å². The number of carboxylic acid groups (broad SMARTS) is 1. The van der Waals surface area contributed by atoms with Crippen LogP contribution in [-0.4, -0.2) is 52.6 Å². The third-order valence-corrected chi connectivity index (χ3v) is 7.46. The SMILES string of the molecule is O=C(NCCN1CCCC1)c1ccc(Cn2c(C(=O)O)c(-c3ccccc3)c3cc(Br)ccc3c2=O)cc1. The molecule has 0 spiro atoms. The molecule has 1 saturated heterocycles. The Morgan fingerprint density at radius 2 is 1.63 bits per heavy atom. The second-order valence-corrected chi connectivity index (χ2v) is 10.4. The lowest BCUT2D eigenvalue weighted by Gasteiger charge is -2.18. The summed E-state index contributed by atoms with van der Waals surface area (Å²) in [6.07, 6.45) is 2.42. The van der Waals surface area contributed by atoms with Crippen LogP contribution in [0, 0.1) is 0 Å². The number of aromatic carboxylic acids is 1. The molecule has 0 aliphatic carbocycles. The number of pyridine rings is 1. The first-order valence-corrected chi connectivity index (χ1v) is 13.5. The Hall–Kier alpha value is -3.75. The Labute approximate surface area is 228 Å². The van der Waals surface area contributed by atoms with Crippen LogP contribution in [0.5, 0.6) is 0 Å². The van der Waals surface area contributed by atoms with E-state index in [0.717, 1.165) is 29.7 Å². The number of benzene rings is 3. The van der Waals surface area contributed by atoms with Crippen molar-refractivity contribution in [2.24, 2.45) is 0 Å². The molecule has 4 aromatic rings. The molecule has 1 fully saturated rings. The van der Waals surface area contributed by atoms with Crippen molar-refractivity contribution >= 4 is 38.6 Å². The summed E-state index contributed by atoms with van der Waals surface area (Å²) in [5.41, 5.74) is 1.99. The molecule has 1 amide bonds. The molecular weight excluding hydrogens is 546 g/mol. The minimum Gasteiger partial charge on any atom is -0.477 e. The maximum atomic E-state index is 13.6. The number of carboxylic acids is 1. The summed E-state index contributed by atoms with van der Waals surface area (Å²) in [5.74, 6) is -1.33. The van der Waals surface area contributed by atoms with Crippen LogP contribution in [0.25, 0.3) is 21.9 Å². The third-order valence-electron chi connectivity index (χ3n) is 6.97. The van der Waals surface area contributed by atoms with Crippen LogP contribution in [-0.2, 0) is 6.54 Å². The van der Waals surface area contributed by atoms with Crippen LogP contribution in [0.3, 0.4) is 0 Å². The van der Waals surface area contributed by atoms with Crippen molar-refractivity contribution in [2.75, 3.05) is 26.2 Å². The first-order valence-electron chi connectivity index (χ1n) is 12.7. The largest absolute Gasteiger partial charge is 0.477 e. The van der Waals surface area contributed by atoms with E-state index in [9.17, 15) is 19.5 Å². The van der Waals surface area contributed by atoms with Gasteiger partial charge in [-0.25, -0.2) is 4.79 Å². The third kappa shape index (κ3) is 5.42. The summed E-state index contributed by atoms with van der Waals surface area (Å²) >= 11 is 3.46.